The van der Waals surface area contributed by atoms with Gasteiger partial charge in [0, 0.05) is 51.1 Å². The Bertz CT molecular complexity index is 1100. The number of benzene rings is 2. The van der Waals surface area contributed by atoms with Crippen molar-refractivity contribution in [1.82, 2.24) is 0 Å². The highest BCUT2D eigenvalue weighted by molar-refractivity contribution is 5.77. The number of methoxy groups -OCH3 is 1. The number of hydrogen-bond donors (Lipinski definition) is 0. The number of carbonyl (C=O) groups is 1. The Morgan fingerprint density at radius 2 is 1.88 bits per heavy atom. The lowest BCUT2D eigenvalue weighted by molar-refractivity contribution is -0.144. The van der Waals surface area contributed by atoms with Crippen LogP contribution in [0.5, 0.6) is 5.75 Å². The van der Waals surface area contributed by atoms with Gasteiger partial charge in [-0.3, -0.25) is 4.79 Å². The third-order valence-electron chi connectivity index (χ3n) is 7.15. The molecular formula is C26H28F3NO4. The smallest absolute Gasteiger partial charge is 0.309 e. The number of fused-ring (bicyclic) bond motifs is 1. The molecule has 0 saturated heterocycles. The van der Waals surface area contributed by atoms with Gasteiger partial charge in [-0.15, -0.1) is 0 Å². The van der Waals surface area contributed by atoms with E-state index in [2.05, 4.69) is 0 Å². The van der Waals surface area contributed by atoms with Gasteiger partial charge in [-0.1, -0.05) is 12.1 Å². The van der Waals surface area contributed by atoms with E-state index in [9.17, 15) is 13.6 Å². The maximum absolute atomic E-state index is 15.3. The van der Waals surface area contributed by atoms with Crippen LogP contribution in [0.4, 0.5) is 18.9 Å². The summed E-state index contributed by atoms with van der Waals surface area (Å²) < 4.78 is 60.5. The first-order valence-corrected chi connectivity index (χ1v) is 11.8. The Hall–Kier alpha value is -2.74. The van der Waals surface area contributed by atoms with Crippen molar-refractivity contribution in [1.29, 1.82) is 0 Å². The molecule has 34 heavy (non-hydrogen) atoms. The second-order valence-electron chi connectivity index (χ2n) is 9.29. The van der Waals surface area contributed by atoms with Crippen molar-refractivity contribution < 1.29 is 32.2 Å². The van der Waals surface area contributed by atoms with E-state index in [1.165, 1.54) is 6.07 Å². The predicted molar refractivity (Wildman–Crippen MR) is 119 cm³/mol. The number of nitrogens with zero attached hydrogens (tertiary/aromatic N) is 1. The molecule has 3 aliphatic rings. The molecule has 182 valence electrons. The number of halogens is 3. The van der Waals surface area contributed by atoms with Crippen LogP contribution in [0.25, 0.3) is 0 Å². The molecule has 2 saturated carbocycles. The van der Waals surface area contributed by atoms with Crippen LogP contribution in [0.1, 0.15) is 48.8 Å². The summed E-state index contributed by atoms with van der Waals surface area (Å²) in [6.07, 6.45) is 2.41. The fraction of sp³-hybridized carbons (Fsp3) is 0.500. The zero-order valence-corrected chi connectivity index (χ0v) is 19.3. The summed E-state index contributed by atoms with van der Waals surface area (Å²) in [6.45, 7) is 2.66. The highest BCUT2D eigenvalue weighted by atomic mass is 19.2. The molecule has 0 radical (unpaired) electrons. The number of anilines is 1. The first-order chi connectivity index (χ1) is 16.4. The Morgan fingerprint density at radius 3 is 2.62 bits per heavy atom. The summed E-state index contributed by atoms with van der Waals surface area (Å²) in [5.41, 5.74) is 1.95. The zero-order valence-electron chi connectivity index (χ0n) is 19.3. The molecule has 0 aromatic heterocycles. The Morgan fingerprint density at radius 1 is 1.09 bits per heavy atom. The van der Waals surface area contributed by atoms with E-state index in [1.807, 2.05) is 6.07 Å². The first-order valence-electron chi connectivity index (χ1n) is 11.8. The average molecular weight is 476 g/mol. The van der Waals surface area contributed by atoms with E-state index in [-0.39, 0.29) is 53.8 Å². The van der Waals surface area contributed by atoms with Crippen LogP contribution in [0.15, 0.2) is 24.3 Å². The standard InChI is InChI=1S/C26H28F3NO4/c1-3-33-26(31)21-12-20(21)19-5-4-14-13-30(7-6-18(14)24(19)28)23-11-17(10-22(27)25(23)29)34-16-8-15(9-16)32-2/h4-5,10-11,15-16,20-21H,3,6-9,12-13H2,1-2H3/t15?,16?,20-,21+/m1/s1. The van der Waals surface area contributed by atoms with E-state index in [0.717, 1.165) is 11.6 Å². The largest absolute Gasteiger partial charge is 0.490 e. The molecular weight excluding hydrogens is 447 g/mol. The van der Waals surface area contributed by atoms with Crippen LogP contribution in [0.2, 0.25) is 0 Å². The lowest BCUT2D eigenvalue weighted by Gasteiger charge is -2.35. The van der Waals surface area contributed by atoms with Gasteiger partial charge in [0.05, 0.1) is 24.3 Å². The zero-order chi connectivity index (χ0) is 24.0. The highest BCUT2D eigenvalue weighted by Gasteiger charge is 2.47. The Kier molecular flexibility index (Phi) is 6.18. The quantitative estimate of drug-likeness (QED) is 0.534. The molecule has 1 aliphatic heterocycles. The monoisotopic (exact) mass is 475 g/mol. The lowest BCUT2D eigenvalue weighted by atomic mass is 9.92. The van der Waals surface area contributed by atoms with Gasteiger partial charge < -0.3 is 19.1 Å². The van der Waals surface area contributed by atoms with Crippen LogP contribution >= 0.6 is 0 Å². The van der Waals surface area contributed by atoms with Gasteiger partial charge in [0.25, 0.3) is 0 Å². The minimum Gasteiger partial charge on any atom is -0.490 e. The average Bonchev–Trinajstić information content (AvgIpc) is 3.59. The topological polar surface area (TPSA) is 48.0 Å². The minimum absolute atomic E-state index is 0.0851. The SMILES string of the molecule is CCOC(=O)[C@H]1C[C@@H]1c1ccc2c(c1F)CCN(c1cc(OC3CC(OC)C3)cc(F)c1F)C2. The molecule has 5 rings (SSSR count). The number of esters is 1. The van der Waals surface area contributed by atoms with E-state index in [4.69, 9.17) is 14.2 Å². The van der Waals surface area contributed by atoms with Crippen molar-refractivity contribution >= 4 is 11.7 Å². The number of rotatable bonds is 7. The maximum Gasteiger partial charge on any atom is 0.309 e. The molecule has 2 aliphatic carbocycles. The maximum atomic E-state index is 15.3. The van der Waals surface area contributed by atoms with Crippen LogP contribution in [-0.4, -0.2) is 38.4 Å². The molecule has 2 aromatic rings. The molecule has 2 atom stereocenters. The van der Waals surface area contributed by atoms with Gasteiger partial charge in [0.2, 0.25) is 0 Å². The molecule has 0 N–H and O–H groups in total. The van der Waals surface area contributed by atoms with Crippen LogP contribution < -0.4 is 9.64 Å². The number of carbonyl (C=O) groups excluding carboxylic acids is 1. The van der Waals surface area contributed by atoms with Gasteiger partial charge in [-0.25, -0.2) is 13.2 Å². The Balaban J connectivity index is 1.32. The first kappa shape index (κ1) is 23.0. The molecule has 8 heteroatoms. The number of hydrogen-bond acceptors (Lipinski definition) is 5. The summed E-state index contributed by atoms with van der Waals surface area (Å²) in [4.78, 5) is 13.7. The molecule has 5 nitrogen and oxygen atoms in total. The van der Waals surface area contributed by atoms with Crippen molar-refractivity contribution in [3.05, 3.63) is 58.4 Å². The highest BCUT2D eigenvalue weighted by Crippen LogP contribution is 2.50. The summed E-state index contributed by atoms with van der Waals surface area (Å²) in [5, 5.41) is 0. The van der Waals surface area contributed by atoms with Crippen LogP contribution in [0.3, 0.4) is 0 Å². The third kappa shape index (κ3) is 4.24. The van der Waals surface area contributed by atoms with E-state index in [0.29, 0.717) is 50.0 Å². The molecule has 1 heterocycles. The van der Waals surface area contributed by atoms with E-state index in [1.54, 1.807) is 25.0 Å². The molecule has 0 spiro atoms. The molecule has 2 fully saturated rings. The van der Waals surface area contributed by atoms with Crippen molar-refractivity contribution in [3.8, 4) is 5.75 Å². The molecule has 0 amide bonds. The molecule has 0 unspecified atom stereocenters. The van der Waals surface area contributed by atoms with Crippen LogP contribution in [-0.2, 0) is 27.2 Å². The van der Waals surface area contributed by atoms with Crippen LogP contribution in [0, 0.1) is 23.4 Å². The normalized spacial score (nSPS) is 25.4. The Labute approximate surface area is 196 Å². The van der Waals surface area contributed by atoms with Gasteiger partial charge in [0.1, 0.15) is 17.7 Å². The lowest BCUT2D eigenvalue weighted by Crippen LogP contribution is -2.39. The summed E-state index contributed by atoms with van der Waals surface area (Å²) in [6, 6.07) is 6.12. The minimum atomic E-state index is -0.971. The third-order valence-corrected chi connectivity index (χ3v) is 7.15. The fourth-order valence-electron chi connectivity index (χ4n) is 5.02. The molecule has 2 aromatic carbocycles. The second-order valence-corrected chi connectivity index (χ2v) is 9.29. The summed E-state index contributed by atoms with van der Waals surface area (Å²) in [7, 11) is 1.64. The summed E-state index contributed by atoms with van der Waals surface area (Å²) >= 11 is 0. The van der Waals surface area contributed by atoms with Gasteiger partial charge >= 0.3 is 5.97 Å². The predicted octanol–water partition coefficient (Wildman–Crippen LogP) is 4.89. The van der Waals surface area contributed by atoms with Gasteiger partial charge in [-0.2, -0.15) is 0 Å². The van der Waals surface area contributed by atoms with Gasteiger partial charge in [0.15, 0.2) is 11.6 Å². The number of ether oxygens (including phenoxy) is 3. The molecule has 0 bridgehead atoms. The van der Waals surface area contributed by atoms with Crippen molar-refractivity contribution in [3.63, 3.8) is 0 Å². The van der Waals surface area contributed by atoms with E-state index >= 15 is 4.39 Å². The van der Waals surface area contributed by atoms with Crippen molar-refractivity contribution in [2.75, 3.05) is 25.2 Å². The van der Waals surface area contributed by atoms with Crippen molar-refractivity contribution in [2.24, 2.45) is 5.92 Å². The van der Waals surface area contributed by atoms with Crippen molar-refractivity contribution in [2.45, 2.75) is 57.3 Å². The fourth-order valence-corrected chi connectivity index (χ4v) is 5.02. The second kappa shape index (κ2) is 9.13. The summed E-state index contributed by atoms with van der Waals surface area (Å²) in [5.74, 6) is -2.66. The van der Waals surface area contributed by atoms with E-state index < -0.39 is 11.6 Å². The van der Waals surface area contributed by atoms with Gasteiger partial charge in [-0.05, 0) is 36.5 Å².